The minimum Gasteiger partial charge on any atom is -0.505 e. The summed E-state index contributed by atoms with van der Waals surface area (Å²) >= 11 is 0. The normalized spacial score (nSPS) is 32.4. The first kappa shape index (κ1) is 30.9. The fraction of sp³-hybridized carbons (Fsp3) is 0.586. The molecule has 5 rings (SSSR count). The van der Waals surface area contributed by atoms with Crippen LogP contribution in [0.25, 0.3) is 0 Å². The highest BCUT2D eigenvalue weighted by atomic mass is 19.1. The van der Waals surface area contributed by atoms with Crippen LogP contribution in [0.2, 0.25) is 0 Å². The Hall–Kier alpha value is -3.59. The zero-order valence-corrected chi connectivity index (χ0v) is 24.1. The largest absolute Gasteiger partial charge is 0.505 e. The summed E-state index contributed by atoms with van der Waals surface area (Å²) in [7, 11) is 4.51. The van der Waals surface area contributed by atoms with E-state index in [1.807, 2.05) is 4.90 Å². The number of phenols is 1. The first-order valence-corrected chi connectivity index (χ1v) is 14.2. The van der Waals surface area contributed by atoms with Gasteiger partial charge in [0, 0.05) is 30.7 Å². The Labute approximate surface area is 246 Å². The molecule has 232 valence electrons. The number of hydrogen-bond acceptors (Lipinski definition) is 11. The molecule has 5 N–H and O–H groups in total. The zero-order valence-electron chi connectivity index (χ0n) is 24.1. The van der Waals surface area contributed by atoms with E-state index in [4.69, 9.17) is 10.5 Å². The van der Waals surface area contributed by atoms with Crippen molar-refractivity contribution in [2.75, 3.05) is 46.2 Å². The average Bonchev–Trinajstić information content (AvgIpc) is 3.35. The van der Waals surface area contributed by atoms with Crippen molar-refractivity contribution in [1.82, 2.24) is 9.80 Å². The molecule has 2 saturated carbocycles. The molecule has 1 aliphatic heterocycles. The van der Waals surface area contributed by atoms with Crippen molar-refractivity contribution in [3.05, 3.63) is 23.0 Å². The number of aromatic hydroxyl groups is 1. The van der Waals surface area contributed by atoms with Gasteiger partial charge in [-0.15, -0.1) is 0 Å². The van der Waals surface area contributed by atoms with Gasteiger partial charge in [-0.2, -0.15) is 0 Å². The number of aliphatic hydroxyl groups is 1. The van der Waals surface area contributed by atoms with Crippen molar-refractivity contribution < 1.29 is 48.1 Å². The monoisotopic (exact) mass is 602 g/mol. The molecule has 3 aliphatic carbocycles. The summed E-state index contributed by atoms with van der Waals surface area (Å²) < 4.78 is 20.7. The standard InChI is InChI=1S/C29H35FN4O9/c1-33(2)22-15-8-12-7-14-16(30)9-17(32-18(35)10-34-6-4-5-13(34)11-43-3)23(36)20(14)24(37)19(12)26(39)29(15,42)27(40)21(25(22)38)28(31)41/h9,12-13,15,19,21-22,36,42H,4-8,10-11H2,1-3H3,(H2,31,41)(H,32,35)/t12-,13+,15-,19?,21?,22-,29-/m0/s1. The lowest BCUT2D eigenvalue weighted by molar-refractivity contribution is -0.181. The van der Waals surface area contributed by atoms with Crippen molar-refractivity contribution in [3.8, 4) is 5.75 Å². The highest BCUT2D eigenvalue weighted by Crippen LogP contribution is 2.51. The fourth-order valence-electron chi connectivity index (χ4n) is 7.58. The molecule has 7 atom stereocenters. The molecule has 2 amide bonds. The van der Waals surface area contributed by atoms with Gasteiger partial charge in [0.1, 0.15) is 11.6 Å². The minimum atomic E-state index is -2.88. The van der Waals surface area contributed by atoms with Crippen LogP contribution < -0.4 is 11.1 Å². The molecule has 4 aliphatic rings. The minimum absolute atomic E-state index is 0.0223. The highest BCUT2D eigenvalue weighted by molar-refractivity contribution is 6.32. The van der Waals surface area contributed by atoms with Gasteiger partial charge >= 0.3 is 0 Å². The molecule has 14 heteroatoms. The molecule has 1 saturated heterocycles. The van der Waals surface area contributed by atoms with Crippen LogP contribution in [0, 0.1) is 29.5 Å². The van der Waals surface area contributed by atoms with Gasteiger partial charge in [-0.3, -0.25) is 38.6 Å². The van der Waals surface area contributed by atoms with Gasteiger partial charge in [-0.25, -0.2) is 4.39 Å². The first-order chi connectivity index (χ1) is 20.2. The highest BCUT2D eigenvalue weighted by Gasteiger charge is 2.69. The molecule has 1 aromatic carbocycles. The molecule has 0 bridgehead atoms. The lowest BCUT2D eigenvalue weighted by Crippen LogP contribution is -2.74. The van der Waals surface area contributed by atoms with Gasteiger partial charge in [0.05, 0.1) is 36.4 Å². The molecule has 0 aromatic heterocycles. The molecule has 1 heterocycles. The van der Waals surface area contributed by atoms with Crippen molar-refractivity contribution in [1.29, 1.82) is 0 Å². The third kappa shape index (κ3) is 4.76. The zero-order chi connectivity index (χ0) is 31.5. The number of nitrogens with two attached hydrogens (primary N) is 1. The number of Topliss-reactive ketones (excluding diaryl/α,β-unsaturated/α-hetero) is 4. The summed E-state index contributed by atoms with van der Waals surface area (Å²) in [4.78, 5) is 82.4. The molecule has 13 nitrogen and oxygen atoms in total. The number of nitrogens with one attached hydrogen (secondary N) is 1. The number of halogens is 1. The van der Waals surface area contributed by atoms with E-state index in [1.54, 1.807) is 7.11 Å². The maximum atomic E-state index is 15.5. The molecule has 0 spiro atoms. The van der Waals surface area contributed by atoms with Crippen molar-refractivity contribution >= 4 is 40.6 Å². The third-order valence-electron chi connectivity index (χ3n) is 9.49. The summed E-state index contributed by atoms with van der Waals surface area (Å²) in [6.45, 7) is 1.01. The van der Waals surface area contributed by atoms with E-state index in [2.05, 4.69) is 5.32 Å². The van der Waals surface area contributed by atoms with E-state index in [1.165, 1.54) is 19.0 Å². The number of anilines is 1. The summed E-state index contributed by atoms with van der Waals surface area (Å²) in [6, 6.07) is -0.323. The maximum Gasteiger partial charge on any atom is 0.238 e. The van der Waals surface area contributed by atoms with Crippen LogP contribution in [0.1, 0.15) is 35.2 Å². The molecule has 0 radical (unpaired) electrons. The van der Waals surface area contributed by atoms with E-state index in [-0.39, 0.29) is 36.7 Å². The molecule has 1 aromatic rings. The van der Waals surface area contributed by atoms with Gasteiger partial charge in [0.2, 0.25) is 11.8 Å². The second kappa shape index (κ2) is 11.2. The van der Waals surface area contributed by atoms with Gasteiger partial charge < -0.3 is 26.0 Å². The summed E-state index contributed by atoms with van der Waals surface area (Å²) in [5, 5.41) is 25.2. The molecule has 43 heavy (non-hydrogen) atoms. The molecular formula is C29H35FN4O9. The first-order valence-electron chi connectivity index (χ1n) is 14.2. The number of fused-ring (bicyclic) bond motifs is 3. The van der Waals surface area contributed by atoms with E-state index in [0.717, 1.165) is 18.9 Å². The number of benzene rings is 1. The molecule has 3 fully saturated rings. The van der Waals surface area contributed by atoms with Gasteiger partial charge in [-0.05, 0) is 52.2 Å². The van der Waals surface area contributed by atoms with Crippen molar-refractivity contribution in [2.24, 2.45) is 29.4 Å². The van der Waals surface area contributed by atoms with Crippen LogP contribution in [0.5, 0.6) is 5.75 Å². The Balaban J connectivity index is 1.48. The number of likely N-dealkylation sites (tertiary alicyclic amines) is 1. The topological polar surface area (TPSA) is 197 Å². The Morgan fingerprint density at radius 1 is 1.23 bits per heavy atom. The number of hydrogen-bond donors (Lipinski definition) is 4. The Morgan fingerprint density at radius 3 is 2.56 bits per heavy atom. The summed E-state index contributed by atoms with van der Waals surface area (Å²) in [6.07, 6.45) is 1.29. The summed E-state index contributed by atoms with van der Waals surface area (Å²) in [5.74, 6) is -14.0. The number of ether oxygens (including phenoxy) is 1. The van der Waals surface area contributed by atoms with E-state index in [9.17, 15) is 39.0 Å². The number of amides is 2. The number of primary amides is 1. The van der Waals surface area contributed by atoms with Crippen LogP contribution in [-0.2, 0) is 35.1 Å². The van der Waals surface area contributed by atoms with Crippen LogP contribution in [-0.4, -0.2) is 114 Å². The van der Waals surface area contributed by atoms with E-state index >= 15 is 4.39 Å². The number of rotatable bonds is 7. The van der Waals surface area contributed by atoms with Crippen molar-refractivity contribution in [2.45, 2.75) is 43.4 Å². The van der Waals surface area contributed by atoms with E-state index < -0.39 is 87.4 Å². The van der Waals surface area contributed by atoms with Crippen LogP contribution in [0.15, 0.2) is 6.07 Å². The predicted molar refractivity (Wildman–Crippen MR) is 146 cm³/mol. The number of methoxy groups -OCH3 is 1. The Morgan fingerprint density at radius 2 is 1.93 bits per heavy atom. The maximum absolute atomic E-state index is 15.5. The third-order valence-corrected chi connectivity index (χ3v) is 9.49. The van der Waals surface area contributed by atoms with Crippen LogP contribution >= 0.6 is 0 Å². The van der Waals surface area contributed by atoms with Gasteiger partial charge in [-0.1, -0.05) is 0 Å². The van der Waals surface area contributed by atoms with Gasteiger partial charge in [0.25, 0.3) is 0 Å². The Bertz CT molecular complexity index is 1430. The second-order valence-corrected chi connectivity index (χ2v) is 12.2. The summed E-state index contributed by atoms with van der Waals surface area (Å²) in [5.41, 5.74) is 1.37. The fourth-order valence-corrected chi connectivity index (χ4v) is 7.58. The number of nitrogens with zero attached hydrogens (tertiary/aromatic N) is 2. The average molecular weight is 603 g/mol. The van der Waals surface area contributed by atoms with Crippen LogP contribution in [0.3, 0.4) is 0 Å². The lowest BCUT2D eigenvalue weighted by atomic mass is 9.52. The van der Waals surface area contributed by atoms with Crippen molar-refractivity contribution in [3.63, 3.8) is 0 Å². The smallest absolute Gasteiger partial charge is 0.238 e. The molecule has 2 unspecified atom stereocenters. The van der Waals surface area contributed by atoms with Gasteiger partial charge in [0.15, 0.2) is 34.7 Å². The number of carbonyl (C=O) groups is 6. The van der Waals surface area contributed by atoms with Crippen LogP contribution in [0.4, 0.5) is 10.1 Å². The lowest BCUT2D eigenvalue weighted by Gasteiger charge is -2.52. The molecular weight excluding hydrogens is 567 g/mol. The van der Waals surface area contributed by atoms with E-state index in [0.29, 0.717) is 13.2 Å². The number of likely N-dealkylation sites (N-methyl/N-ethyl adjacent to an activating group) is 1. The predicted octanol–water partition coefficient (Wildman–Crippen LogP) is -0.945. The number of phenolic OH excluding ortho intramolecular Hbond substituents is 1. The Kier molecular flexibility index (Phi) is 8.01. The second-order valence-electron chi connectivity index (χ2n) is 12.2. The quantitative estimate of drug-likeness (QED) is 0.222. The number of ketones is 4. The number of carbonyl (C=O) groups excluding carboxylic acids is 6. The SMILES string of the molecule is COC[C@H]1CCCN1CC(=O)Nc1cc(F)c2c(c1O)C(=O)C1C(=O)[C@]3(O)C(=O)C(C(N)=O)C(=O)[C@@H](N(C)C)[C@@H]3C[C@@H]1C2.